The van der Waals surface area contributed by atoms with Crippen LogP contribution in [-0.2, 0) is 0 Å². The smallest absolute Gasteiger partial charge is 0.850 e. The van der Waals surface area contributed by atoms with E-state index in [9.17, 15) is 10.2 Å². The molecule has 0 spiro atoms. The molecule has 0 N–H and O–H groups in total. The molecular formula is C8H18CsNaO2. The summed E-state index contributed by atoms with van der Waals surface area (Å²) in [7, 11) is 0. The monoisotopic (exact) mass is 302 g/mol. The zero-order valence-electron chi connectivity index (χ0n) is 9.82. The van der Waals surface area contributed by atoms with Gasteiger partial charge < -0.3 is 10.2 Å². The Labute approximate surface area is 158 Å². The summed E-state index contributed by atoms with van der Waals surface area (Å²) in [4.78, 5) is 0. The van der Waals surface area contributed by atoms with Gasteiger partial charge in [0.25, 0.3) is 0 Å². The van der Waals surface area contributed by atoms with Crippen molar-refractivity contribution in [3.63, 3.8) is 0 Å². The van der Waals surface area contributed by atoms with E-state index in [1.807, 2.05) is 0 Å². The Morgan fingerprint density at radius 2 is 0.667 bits per heavy atom. The van der Waals surface area contributed by atoms with E-state index in [4.69, 9.17) is 0 Å². The van der Waals surface area contributed by atoms with Crippen LogP contribution in [-0.4, -0.2) is 11.2 Å². The molecule has 0 radical (unpaired) electrons. The van der Waals surface area contributed by atoms with Crippen LogP contribution in [0.5, 0.6) is 0 Å². The fraction of sp³-hybridized carbons (Fsp3) is 1.00. The third-order valence-electron chi connectivity index (χ3n) is 0. The first kappa shape index (κ1) is 24.3. The molecule has 0 fully saturated rings. The molecule has 4 heteroatoms. The summed E-state index contributed by atoms with van der Waals surface area (Å²) in [5, 5.41) is 20.2. The average molecular weight is 302 g/mol. The molecule has 0 unspecified atom stereocenters. The molecule has 12 heavy (non-hydrogen) atoms. The fourth-order valence-corrected chi connectivity index (χ4v) is 0. The van der Waals surface area contributed by atoms with Gasteiger partial charge in [0.15, 0.2) is 0 Å². The maximum Gasteiger partial charge on any atom is 1.00 e. The molecule has 0 amide bonds. The van der Waals surface area contributed by atoms with E-state index in [1.165, 1.54) is 0 Å². The van der Waals surface area contributed by atoms with E-state index in [0.717, 1.165) is 0 Å². The summed E-state index contributed by atoms with van der Waals surface area (Å²) in [6, 6.07) is 0. The van der Waals surface area contributed by atoms with Crippen molar-refractivity contribution >= 4 is 0 Å². The fourth-order valence-electron chi connectivity index (χ4n) is 0. The molecule has 0 aliphatic carbocycles. The molecule has 0 heterocycles. The van der Waals surface area contributed by atoms with Crippen LogP contribution in [0.15, 0.2) is 0 Å². The molecule has 0 aliphatic rings. The van der Waals surface area contributed by atoms with Gasteiger partial charge in [0, 0.05) is 0 Å². The van der Waals surface area contributed by atoms with Gasteiger partial charge in [-0.25, -0.2) is 0 Å². The Hall–Kier alpha value is 2.97. The van der Waals surface area contributed by atoms with Crippen molar-refractivity contribution in [3.05, 3.63) is 0 Å². The molecule has 2 nitrogen and oxygen atoms in total. The van der Waals surface area contributed by atoms with Gasteiger partial charge in [-0.3, -0.25) is 0 Å². The molecule has 0 aromatic carbocycles. The molecule has 0 aromatic heterocycles. The Morgan fingerprint density at radius 1 is 0.667 bits per heavy atom. The second-order valence-corrected chi connectivity index (χ2v) is 4.22. The van der Waals surface area contributed by atoms with Gasteiger partial charge in [-0.05, 0) is 0 Å². The van der Waals surface area contributed by atoms with Crippen LogP contribution in [0, 0.1) is 0 Å². The first-order chi connectivity index (χ1) is 4.00. The van der Waals surface area contributed by atoms with Gasteiger partial charge in [-0.2, -0.15) is 0 Å². The summed E-state index contributed by atoms with van der Waals surface area (Å²) in [5.74, 6) is 0. The van der Waals surface area contributed by atoms with Crippen molar-refractivity contribution in [2.75, 3.05) is 0 Å². The van der Waals surface area contributed by atoms with Crippen LogP contribution in [0.2, 0.25) is 0 Å². The van der Waals surface area contributed by atoms with Crippen LogP contribution >= 0.6 is 0 Å². The summed E-state index contributed by atoms with van der Waals surface area (Å²) in [6.45, 7) is 9.79. The summed E-state index contributed by atoms with van der Waals surface area (Å²) < 4.78 is 0. The van der Waals surface area contributed by atoms with E-state index in [-0.39, 0.29) is 98.5 Å². The first-order valence-electron chi connectivity index (χ1n) is 3.41. The van der Waals surface area contributed by atoms with E-state index in [2.05, 4.69) is 0 Å². The SMILES string of the molecule is CC(C)(C)[O-].CC(C)(C)[O-].[Cs+].[Na+]. The van der Waals surface area contributed by atoms with Crippen LogP contribution in [0.4, 0.5) is 0 Å². The van der Waals surface area contributed by atoms with E-state index in [1.54, 1.807) is 41.5 Å². The minimum Gasteiger partial charge on any atom is -0.850 e. The molecule has 0 atom stereocenters. The van der Waals surface area contributed by atoms with Gasteiger partial charge >= 0.3 is 98.5 Å². The van der Waals surface area contributed by atoms with Crippen LogP contribution in [0.1, 0.15) is 41.5 Å². The first-order valence-corrected chi connectivity index (χ1v) is 3.41. The van der Waals surface area contributed by atoms with Gasteiger partial charge in [0.2, 0.25) is 0 Å². The molecular weight excluding hydrogens is 284 g/mol. The molecule has 64 valence electrons. The number of rotatable bonds is 0. The molecule has 0 saturated heterocycles. The third kappa shape index (κ3) is 211. The van der Waals surface area contributed by atoms with Crippen molar-refractivity contribution in [1.29, 1.82) is 0 Å². The molecule has 0 bridgehead atoms. The number of hydrogen-bond donors (Lipinski definition) is 0. The average Bonchev–Trinajstić information content (AvgIpc) is 1.12. The Balaban J connectivity index is -0.0000000457. The second-order valence-electron chi connectivity index (χ2n) is 4.22. The molecule has 0 saturated carbocycles. The summed E-state index contributed by atoms with van der Waals surface area (Å²) >= 11 is 0. The molecule has 0 rings (SSSR count). The second kappa shape index (κ2) is 10.5. The molecule has 0 aromatic rings. The predicted octanol–water partition coefficient (Wildman–Crippen LogP) is -5.70. The van der Waals surface area contributed by atoms with E-state index < -0.39 is 11.2 Å². The predicted molar refractivity (Wildman–Crippen MR) is 39.5 cm³/mol. The van der Waals surface area contributed by atoms with E-state index >= 15 is 0 Å². The van der Waals surface area contributed by atoms with Crippen LogP contribution in [0.25, 0.3) is 0 Å². The minimum atomic E-state index is -0.750. The largest absolute Gasteiger partial charge is 1.00 e. The van der Waals surface area contributed by atoms with Crippen molar-refractivity contribution in [2.45, 2.75) is 52.7 Å². The zero-order valence-corrected chi connectivity index (χ0v) is 18.1. The van der Waals surface area contributed by atoms with Crippen molar-refractivity contribution < 1.29 is 109 Å². The minimum absolute atomic E-state index is 0. The quantitative estimate of drug-likeness (QED) is 0.419. The van der Waals surface area contributed by atoms with Crippen LogP contribution < -0.4 is 109 Å². The van der Waals surface area contributed by atoms with Crippen molar-refractivity contribution in [1.82, 2.24) is 0 Å². The summed E-state index contributed by atoms with van der Waals surface area (Å²) in [6.07, 6.45) is 0. The van der Waals surface area contributed by atoms with Gasteiger partial charge in [0.05, 0.1) is 0 Å². The Bertz CT molecular complexity index is 60.0. The van der Waals surface area contributed by atoms with Crippen LogP contribution in [0.3, 0.4) is 0 Å². The van der Waals surface area contributed by atoms with Gasteiger partial charge in [-0.1, -0.05) is 41.5 Å². The maximum absolute atomic E-state index is 10.1. The van der Waals surface area contributed by atoms with Gasteiger partial charge in [-0.15, -0.1) is 11.2 Å². The zero-order chi connectivity index (χ0) is 9.00. The molecule has 0 aliphatic heterocycles. The number of hydrogen-bond acceptors (Lipinski definition) is 2. The van der Waals surface area contributed by atoms with Crippen molar-refractivity contribution in [2.24, 2.45) is 0 Å². The third-order valence-corrected chi connectivity index (χ3v) is 0. The van der Waals surface area contributed by atoms with E-state index in [0.29, 0.717) is 0 Å². The van der Waals surface area contributed by atoms with Gasteiger partial charge in [0.1, 0.15) is 0 Å². The van der Waals surface area contributed by atoms with Crippen molar-refractivity contribution in [3.8, 4) is 0 Å². The summed E-state index contributed by atoms with van der Waals surface area (Å²) in [5.41, 5.74) is -1.50. The standard InChI is InChI=1S/2C4H9O.Cs.Na/c2*1-4(2,3)5;;/h2*1-3H3;;/q2*-1;2*+1. The Kier molecular flexibility index (Phi) is 21.2. The topological polar surface area (TPSA) is 46.1 Å². The normalized spacial score (nSPS) is 10.0. The Morgan fingerprint density at radius 3 is 0.667 bits per heavy atom. The maximum atomic E-state index is 10.1.